The first-order chi connectivity index (χ1) is 9.05. The number of carbonyl (C=O) groups excluding carboxylic acids is 1. The van der Waals surface area contributed by atoms with Gasteiger partial charge >= 0.3 is 0 Å². The Kier molecular flexibility index (Phi) is 6.03. The van der Waals surface area contributed by atoms with Crippen LogP contribution in [0.1, 0.15) is 38.7 Å². The smallest absolute Gasteiger partial charge is 0.224 e. The van der Waals surface area contributed by atoms with Crippen LogP contribution >= 0.6 is 12.4 Å². The van der Waals surface area contributed by atoms with Gasteiger partial charge in [-0.1, -0.05) is 43.7 Å². The van der Waals surface area contributed by atoms with Gasteiger partial charge in [0, 0.05) is 23.9 Å². The molecule has 20 heavy (non-hydrogen) atoms. The highest BCUT2D eigenvalue weighted by molar-refractivity contribution is 5.85. The molecule has 0 aromatic heterocycles. The maximum Gasteiger partial charge on any atom is 0.224 e. The quantitative estimate of drug-likeness (QED) is 0.877. The van der Waals surface area contributed by atoms with E-state index >= 15 is 0 Å². The van der Waals surface area contributed by atoms with Gasteiger partial charge in [-0.05, 0) is 25.3 Å². The number of nitrogens with two attached hydrogens (primary N) is 1. The van der Waals surface area contributed by atoms with Gasteiger partial charge in [0.05, 0.1) is 0 Å². The van der Waals surface area contributed by atoms with Crippen LogP contribution in [0, 0.1) is 5.92 Å². The number of halogens is 1. The number of hydrogen-bond acceptors (Lipinski definition) is 2. The number of nitrogens with one attached hydrogen (secondary N) is 1. The van der Waals surface area contributed by atoms with Gasteiger partial charge in [0.1, 0.15) is 0 Å². The molecule has 1 fully saturated rings. The minimum Gasteiger partial charge on any atom is -0.355 e. The molecular formula is C16H25ClN2O. The Bertz CT molecular complexity index is 429. The summed E-state index contributed by atoms with van der Waals surface area (Å²) in [4.78, 5) is 12.0. The first kappa shape index (κ1) is 17.0. The third-order valence-corrected chi connectivity index (χ3v) is 4.50. The Balaban J connectivity index is 0.00000200. The number of benzene rings is 1. The minimum atomic E-state index is -0.132. The fourth-order valence-corrected chi connectivity index (χ4v) is 2.62. The van der Waals surface area contributed by atoms with Crippen molar-refractivity contribution in [3.8, 4) is 0 Å². The predicted octanol–water partition coefficient (Wildman–Crippen LogP) is 2.63. The van der Waals surface area contributed by atoms with E-state index in [2.05, 4.69) is 29.6 Å². The van der Waals surface area contributed by atoms with E-state index in [4.69, 9.17) is 5.73 Å². The molecule has 1 aromatic rings. The molecule has 2 unspecified atom stereocenters. The maximum atomic E-state index is 12.0. The predicted molar refractivity (Wildman–Crippen MR) is 85.0 cm³/mol. The SMILES string of the molecule is CC(N)C(C)C(=O)NCC1(c2ccccc2)CCC1.Cl. The molecule has 3 nitrogen and oxygen atoms in total. The molecule has 1 saturated carbocycles. The van der Waals surface area contributed by atoms with Crippen LogP contribution in [0.2, 0.25) is 0 Å². The Hall–Kier alpha value is -1.06. The first-order valence-corrected chi connectivity index (χ1v) is 7.14. The monoisotopic (exact) mass is 296 g/mol. The van der Waals surface area contributed by atoms with Crippen LogP contribution in [0.4, 0.5) is 0 Å². The van der Waals surface area contributed by atoms with Crippen molar-refractivity contribution in [3.05, 3.63) is 35.9 Å². The second-order valence-electron chi connectivity index (χ2n) is 5.87. The fourth-order valence-electron chi connectivity index (χ4n) is 2.62. The van der Waals surface area contributed by atoms with Crippen LogP contribution in [-0.4, -0.2) is 18.5 Å². The third kappa shape index (κ3) is 3.53. The highest BCUT2D eigenvalue weighted by atomic mass is 35.5. The van der Waals surface area contributed by atoms with Crippen molar-refractivity contribution in [2.75, 3.05) is 6.54 Å². The van der Waals surface area contributed by atoms with Crippen molar-refractivity contribution in [2.45, 2.75) is 44.6 Å². The molecule has 2 atom stereocenters. The lowest BCUT2D eigenvalue weighted by atomic mass is 9.64. The number of carbonyl (C=O) groups is 1. The minimum absolute atomic E-state index is 0. The van der Waals surface area contributed by atoms with Crippen LogP contribution in [0.3, 0.4) is 0 Å². The molecule has 0 heterocycles. The lowest BCUT2D eigenvalue weighted by Crippen LogP contribution is -2.48. The highest BCUT2D eigenvalue weighted by Crippen LogP contribution is 2.43. The summed E-state index contributed by atoms with van der Waals surface area (Å²) in [6.07, 6.45) is 3.56. The lowest BCUT2D eigenvalue weighted by molar-refractivity contribution is -0.125. The lowest BCUT2D eigenvalue weighted by Gasteiger charge is -2.43. The summed E-state index contributed by atoms with van der Waals surface area (Å²) in [5.74, 6) is -0.0647. The molecule has 4 heteroatoms. The number of hydrogen-bond donors (Lipinski definition) is 2. The molecule has 1 aliphatic rings. The summed E-state index contributed by atoms with van der Waals surface area (Å²) >= 11 is 0. The highest BCUT2D eigenvalue weighted by Gasteiger charge is 2.38. The summed E-state index contributed by atoms with van der Waals surface area (Å²) in [5, 5.41) is 3.09. The van der Waals surface area contributed by atoms with Crippen LogP contribution in [0.25, 0.3) is 0 Å². The van der Waals surface area contributed by atoms with E-state index in [1.165, 1.54) is 12.0 Å². The van der Waals surface area contributed by atoms with E-state index in [1.807, 2.05) is 19.9 Å². The second kappa shape index (κ2) is 7.09. The van der Waals surface area contributed by atoms with Crippen LogP contribution in [-0.2, 0) is 10.2 Å². The molecule has 1 amide bonds. The van der Waals surface area contributed by atoms with Gasteiger partial charge in [-0.25, -0.2) is 0 Å². The van der Waals surface area contributed by atoms with Gasteiger partial charge in [0.15, 0.2) is 0 Å². The molecule has 1 aliphatic carbocycles. The standard InChI is InChI=1S/C16H24N2O.ClH/c1-12(13(2)17)15(19)18-11-16(9-6-10-16)14-7-4-3-5-8-14;/h3-5,7-8,12-13H,6,9-11,17H2,1-2H3,(H,18,19);1H. The van der Waals surface area contributed by atoms with Crippen LogP contribution in [0.5, 0.6) is 0 Å². The van der Waals surface area contributed by atoms with Crippen molar-refractivity contribution in [3.63, 3.8) is 0 Å². The maximum absolute atomic E-state index is 12.0. The summed E-state index contributed by atoms with van der Waals surface area (Å²) in [6, 6.07) is 10.4. The van der Waals surface area contributed by atoms with Crippen molar-refractivity contribution >= 4 is 18.3 Å². The normalized spacial score (nSPS) is 19.1. The summed E-state index contributed by atoms with van der Waals surface area (Å²) in [5.41, 5.74) is 7.26. The van der Waals surface area contributed by atoms with Crippen molar-refractivity contribution in [1.29, 1.82) is 0 Å². The Morgan fingerprint density at radius 3 is 2.35 bits per heavy atom. The van der Waals surface area contributed by atoms with Gasteiger partial charge in [-0.3, -0.25) is 4.79 Å². The van der Waals surface area contributed by atoms with Crippen LogP contribution < -0.4 is 11.1 Å². The zero-order valence-electron chi connectivity index (χ0n) is 12.3. The zero-order chi connectivity index (χ0) is 13.9. The fraction of sp³-hybridized carbons (Fsp3) is 0.562. The third-order valence-electron chi connectivity index (χ3n) is 4.50. The summed E-state index contributed by atoms with van der Waals surface area (Å²) < 4.78 is 0. The van der Waals surface area contributed by atoms with E-state index in [-0.39, 0.29) is 35.7 Å². The van der Waals surface area contributed by atoms with E-state index < -0.39 is 0 Å². The molecular weight excluding hydrogens is 272 g/mol. The van der Waals surface area contributed by atoms with Crippen molar-refractivity contribution in [2.24, 2.45) is 11.7 Å². The van der Waals surface area contributed by atoms with Gasteiger partial charge in [-0.15, -0.1) is 12.4 Å². The molecule has 0 spiro atoms. The van der Waals surface area contributed by atoms with Crippen LogP contribution in [0.15, 0.2) is 30.3 Å². The van der Waals surface area contributed by atoms with Gasteiger partial charge < -0.3 is 11.1 Å². The molecule has 0 aliphatic heterocycles. The molecule has 2 rings (SSSR count). The van der Waals surface area contributed by atoms with E-state index in [1.54, 1.807) is 0 Å². The molecule has 0 saturated heterocycles. The van der Waals surface area contributed by atoms with Crippen molar-refractivity contribution < 1.29 is 4.79 Å². The molecule has 0 bridgehead atoms. The summed E-state index contributed by atoms with van der Waals surface area (Å²) in [6.45, 7) is 4.49. The Labute approximate surface area is 127 Å². The van der Waals surface area contributed by atoms with E-state index in [0.29, 0.717) is 0 Å². The van der Waals surface area contributed by atoms with Gasteiger partial charge in [0.2, 0.25) is 5.91 Å². The molecule has 3 N–H and O–H groups in total. The molecule has 1 aromatic carbocycles. The largest absolute Gasteiger partial charge is 0.355 e. The van der Waals surface area contributed by atoms with Crippen molar-refractivity contribution in [1.82, 2.24) is 5.32 Å². The van der Waals surface area contributed by atoms with E-state index in [0.717, 1.165) is 19.4 Å². The second-order valence-corrected chi connectivity index (χ2v) is 5.87. The number of rotatable bonds is 5. The van der Waals surface area contributed by atoms with Gasteiger partial charge in [0.25, 0.3) is 0 Å². The first-order valence-electron chi connectivity index (χ1n) is 7.14. The molecule has 0 radical (unpaired) electrons. The molecule has 112 valence electrons. The Morgan fingerprint density at radius 1 is 1.30 bits per heavy atom. The topological polar surface area (TPSA) is 55.1 Å². The zero-order valence-corrected chi connectivity index (χ0v) is 13.1. The van der Waals surface area contributed by atoms with E-state index in [9.17, 15) is 4.79 Å². The Morgan fingerprint density at radius 2 is 1.90 bits per heavy atom. The average Bonchev–Trinajstić information content (AvgIpc) is 2.37. The average molecular weight is 297 g/mol. The number of amides is 1. The van der Waals surface area contributed by atoms with Gasteiger partial charge in [-0.2, -0.15) is 0 Å². The summed E-state index contributed by atoms with van der Waals surface area (Å²) in [7, 11) is 0.